The summed E-state index contributed by atoms with van der Waals surface area (Å²) in [5.74, 6) is -1.85. The van der Waals surface area contributed by atoms with E-state index in [9.17, 15) is 29.7 Å². The van der Waals surface area contributed by atoms with Crippen molar-refractivity contribution >= 4 is 39.5 Å². The minimum Gasteiger partial charge on any atom is -0.508 e. The van der Waals surface area contributed by atoms with Crippen LogP contribution in [0, 0.1) is 0 Å². The molecule has 44 heavy (non-hydrogen) atoms. The molecule has 0 saturated heterocycles. The van der Waals surface area contributed by atoms with Gasteiger partial charge in [-0.05, 0) is 102 Å². The third-order valence-electron chi connectivity index (χ3n) is 6.71. The maximum absolute atomic E-state index is 13.2. The van der Waals surface area contributed by atoms with E-state index < -0.39 is 17.9 Å². The van der Waals surface area contributed by atoms with Gasteiger partial charge >= 0.3 is 17.9 Å². The van der Waals surface area contributed by atoms with E-state index >= 15 is 0 Å². The van der Waals surface area contributed by atoms with Crippen molar-refractivity contribution in [3.63, 3.8) is 0 Å². The minimum absolute atomic E-state index is 0.0745. The Morgan fingerprint density at radius 3 is 1.43 bits per heavy atom. The molecule has 0 unspecified atom stereocenters. The number of fused-ring (bicyclic) bond motifs is 2. The molecule has 3 N–H and O–H groups in total. The normalized spacial score (nSPS) is 10.8. The fourth-order valence-corrected chi connectivity index (χ4v) is 4.66. The van der Waals surface area contributed by atoms with Crippen molar-refractivity contribution in [2.45, 2.75) is 0 Å². The van der Waals surface area contributed by atoms with Gasteiger partial charge in [-0.3, -0.25) is 0 Å². The Morgan fingerprint density at radius 2 is 0.909 bits per heavy atom. The van der Waals surface area contributed by atoms with Crippen molar-refractivity contribution in [3.05, 3.63) is 132 Å². The van der Waals surface area contributed by atoms with Crippen LogP contribution < -0.4 is 14.2 Å². The summed E-state index contributed by atoms with van der Waals surface area (Å²) in [7, 11) is 0. The van der Waals surface area contributed by atoms with Crippen LogP contribution in [-0.2, 0) is 0 Å². The second-order valence-corrected chi connectivity index (χ2v) is 9.79. The van der Waals surface area contributed by atoms with Crippen LogP contribution in [-0.4, -0.2) is 33.2 Å². The van der Waals surface area contributed by atoms with Crippen LogP contribution in [0.25, 0.3) is 21.5 Å². The number of aromatic hydroxyl groups is 3. The highest BCUT2D eigenvalue weighted by Gasteiger charge is 2.19. The van der Waals surface area contributed by atoms with Gasteiger partial charge in [-0.25, -0.2) is 14.4 Å². The van der Waals surface area contributed by atoms with Gasteiger partial charge < -0.3 is 29.5 Å². The predicted molar refractivity (Wildman–Crippen MR) is 161 cm³/mol. The van der Waals surface area contributed by atoms with Gasteiger partial charge in [-0.2, -0.15) is 0 Å². The summed E-state index contributed by atoms with van der Waals surface area (Å²) in [5, 5.41) is 31.4. The summed E-state index contributed by atoms with van der Waals surface area (Å²) in [6, 6.07) is 28.6. The first kappa shape index (κ1) is 27.8. The predicted octanol–water partition coefficient (Wildman–Crippen LogP) is 6.77. The van der Waals surface area contributed by atoms with E-state index in [-0.39, 0.29) is 51.2 Å². The minimum atomic E-state index is -0.740. The zero-order chi connectivity index (χ0) is 30.8. The van der Waals surface area contributed by atoms with E-state index in [0.717, 1.165) is 0 Å². The van der Waals surface area contributed by atoms with Crippen molar-refractivity contribution < 1.29 is 43.9 Å². The van der Waals surface area contributed by atoms with E-state index in [1.165, 1.54) is 78.9 Å². The van der Waals surface area contributed by atoms with Crippen LogP contribution >= 0.6 is 0 Å². The SMILES string of the molecule is O=C(Oc1ccc2c(OC(=O)c3cccc(O)c3)c3cc(OC(=O)c4cccc(O)c4)ccc3cc2c1)c1cccc(O)c1. The van der Waals surface area contributed by atoms with Gasteiger partial charge in [-0.1, -0.05) is 24.3 Å². The molecule has 6 aromatic carbocycles. The lowest BCUT2D eigenvalue weighted by atomic mass is 10.0. The highest BCUT2D eigenvalue weighted by molar-refractivity contribution is 6.08. The first-order chi connectivity index (χ1) is 21.2. The van der Waals surface area contributed by atoms with E-state index in [2.05, 4.69) is 0 Å². The number of phenols is 3. The molecule has 6 aromatic rings. The van der Waals surface area contributed by atoms with E-state index in [4.69, 9.17) is 14.2 Å². The molecule has 0 spiro atoms. The molecule has 0 saturated carbocycles. The average Bonchev–Trinajstić information content (AvgIpc) is 3.01. The van der Waals surface area contributed by atoms with Gasteiger partial charge in [-0.15, -0.1) is 0 Å². The van der Waals surface area contributed by atoms with Crippen LogP contribution in [0.1, 0.15) is 31.1 Å². The third-order valence-corrected chi connectivity index (χ3v) is 6.71. The number of carbonyl (C=O) groups is 3. The summed E-state index contributed by atoms with van der Waals surface area (Å²) in [6.45, 7) is 0. The van der Waals surface area contributed by atoms with Gasteiger partial charge in [0.1, 0.15) is 34.5 Å². The Hall–Kier alpha value is -6.35. The van der Waals surface area contributed by atoms with Crippen molar-refractivity contribution in [3.8, 4) is 34.5 Å². The molecule has 6 rings (SSSR count). The maximum Gasteiger partial charge on any atom is 0.343 e. The van der Waals surface area contributed by atoms with E-state index in [1.807, 2.05) is 0 Å². The van der Waals surface area contributed by atoms with Gasteiger partial charge in [0.15, 0.2) is 0 Å². The molecule has 0 aliphatic rings. The van der Waals surface area contributed by atoms with Crippen LogP contribution in [0.5, 0.6) is 34.5 Å². The molecule has 0 aliphatic heterocycles. The number of phenolic OH excluding ortho intramolecular Hbond substituents is 3. The molecular weight excluding hydrogens is 564 g/mol. The summed E-state index contributed by atoms with van der Waals surface area (Å²) < 4.78 is 17.0. The second kappa shape index (κ2) is 11.5. The molecular formula is C35H22O9. The summed E-state index contributed by atoms with van der Waals surface area (Å²) in [5.41, 5.74) is 0.419. The maximum atomic E-state index is 13.2. The number of hydrogen-bond donors (Lipinski definition) is 3. The number of esters is 3. The smallest absolute Gasteiger partial charge is 0.343 e. The Balaban J connectivity index is 1.41. The number of ether oxygens (including phenoxy) is 3. The highest BCUT2D eigenvalue weighted by atomic mass is 16.5. The number of carbonyl (C=O) groups excluding carboxylic acids is 3. The molecule has 0 atom stereocenters. The fourth-order valence-electron chi connectivity index (χ4n) is 4.66. The lowest BCUT2D eigenvalue weighted by Crippen LogP contribution is -2.10. The Labute approximate surface area is 249 Å². The molecule has 9 heteroatoms. The quantitative estimate of drug-likeness (QED) is 0.110. The standard InChI is InChI=1S/C35H22O9/c36-25-7-1-4-21(15-25)33(39)42-28-12-13-30-24(18-28)14-20-10-11-29(43-34(40)22-5-2-8-26(37)16-22)19-31(20)32(30)44-35(41)23-6-3-9-27(38)17-23/h1-19,36-38H. The Morgan fingerprint density at radius 1 is 0.432 bits per heavy atom. The van der Waals surface area contributed by atoms with Crippen LogP contribution in [0.3, 0.4) is 0 Å². The molecule has 216 valence electrons. The first-order valence-electron chi connectivity index (χ1n) is 13.3. The monoisotopic (exact) mass is 586 g/mol. The van der Waals surface area contributed by atoms with E-state index in [0.29, 0.717) is 21.5 Å². The lowest BCUT2D eigenvalue weighted by molar-refractivity contribution is 0.0724. The van der Waals surface area contributed by atoms with Crippen LogP contribution in [0.15, 0.2) is 115 Å². The van der Waals surface area contributed by atoms with Crippen molar-refractivity contribution in [2.75, 3.05) is 0 Å². The topological polar surface area (TPSA) is 140 Å². The van der Waals surface area contributed by atoms with Gasteiger partial charge in [0.2, 0.25) is 0 Å². The van der Waals surface area contributed by atoms with Gasteiger partial charge in [0.05, 0.1) is 16.7 Å². The number of benzene rings is 6. The summed E-state index contributed by atoms with van der Waals surface area (Å²) in [4.78, 5) is 38.6. The Bertz CT molecular complexity index is 2100. The van der Waals surface area contributed by atoms with Gasteiger partial charge in [0.25, 0.3) is 0 Å². The van der Waals surface area contributed by atoms with Crippen molar-refractivity contribution in [1.29, 1.82) is 0 Å². The lowest BCUT2D eigenvalue weighted by Gasteiger charge is -2.14. The van der Waals surface area contributed by atoms with Crippen LogP contribution in [0.4, 0.5) is 0 Å². The van der Waals surface area contributed by atoms with Crippen molar-refractivity contribution in [2.24, 2.45) is 0 Å². The second-order valence-electron chi connectivity index (χ2n) is 9.79. The molecule has 0 bridgehead atoms. The molecule has 9 nitrogen and oxygen atoms in total. The molecule has 0 aliphatic carbocycles. The zero-order valence-electron chi connectivity index (χ0n) is 22.8. The molecule has 0 radical (unpaired) electrons. The largest absolute Gasteiger partial charge is 0.508 e. The summed E-state index contributed by atoms with van der Waals surface area (Å²) in [6.07, 6.45) is 0. The zero-order valence-corrected chi connectivity index (χ0v) is 22.8. The average molecular weight is 587 g/mol. The molecule has 0 aromatic heterocycles. The molecule has 0 amide bonds. The fraction of sp³-hybridized carbons (Fsp3) is 0. The van der Waals surface area contributed by atoms with Crippen LogP contribution in [0.2, 0.25) is 0 Å². The van der Waals surface area contributed by atoms with Crippen molar-refractivity contribution in [1.82, 2.24) is 0 Å². The highest BCUT2D eigenvalue weighted by Crippen LogP contribution is 2.39. The molecule has 0 fully saturated rings. The molecule has 0 heterocycles. The third kappa shape index (κ3) is 5.83. The Kier molecular flexibility index (Phi) is 7.26. The van der Waals surface area contributed by atoms with E-state index in [1.54, 1.807) is 36.4 Å². The summed E-state index contributed by atoms with van der Waals surface area (Å²) >= 11 is 0. The number of hydrogen-bond acceptors (Lipinski definition) is 9. The van der Waals surface area contributed by atoms with Gasteiger partial charge in [0, 0.05) is 10.8 Å². The first-order valence-corrected chi connectivity index (χ1v) is 13.3. The number of rotatable bonds is 6.